The van der Waals surface area contributed by atoms with E-state index in [0.29, 0.717) is 6.54 Å². The summed E-state index contributed by atoms with van der Waals surface area (Å²) in [5.74, 6) is 0.868. The molecule has 1 unspecified atom stereocenters. The van der Waals surface area contributed by atoms with Crippen LogP contribution in [0.15, 0.2) is 36.4 Å². The van der Waals surface area contributed by atoms with Gasteiger partial charge in [-0.2, -0.15) is 0 Å². The van der Waals surface area contributed by atoms with E-state index in [1.165, 1.54) is 0 Å². The molecule has 0 bridgehead atoms. The normalized spacial score (nSPS) is 12.4. The first-order chi connectivity index (χ1) is 11.1. The molecular weight excluding hydrogens is 288 g/mol. The highest BCUT2D eigenvalue weighted by Crippen LogP contribution is 2.27. The minimum atomic E-state index is -0.0963. The smallest absolute Gasteiger partial charge is 0.237 e. The van der Waals surface area contributed by atoms with Crippen molar-refractivity contribution in [2.24, 2.45) is 0 Å². The maximum atomic E-state index is 12.5. The predicted molar refractivity (Wildman–Crippen MR) is 94.7 cm³/mol. The molecule has 0 aliphatic heterocycles. The third-order valence-electron chi connectivity index (χ3n) is 4.38. The van der Waals surface area contributed by atoms with Gasteiger partial charge in [0.05, 0.1) is 13.2 Å². The van der Waals surface area contributed by atoms with E-state index >= 15 is 0 Å². The molecule has 0 fully saturated rings. The zero-order chi connectivity index (χ0) is 16.8. The Morgan fingerprint density at radius 3 is 2.61 bits per heavy atom. The summed E-state index contributed by atoms with van der Waals surface area (Å²) >= 11 is 0. The van der Waals surface area contributed by atoms with Crippen molar-refractivity contribution < 1.29 is 9.53 Å². The molecule has 1 atom stereocenters. The van der Waals surface area contributed by atoms with Gasteiger partial charge in [-0.25, -0.2) is 0 Å². The Kier molecular flexibility index (Phi) is 5.99. The number of nitrogens with one attached hydrogen (secondary N) is 1. The Bertz CT molecular complexity index is 669. The first kappa shape index (κ1) is 17.3. The van der Waals surface area contributed by atoms with Crippen LogP contribution in [0.1, 0.15) is 25.8 Å². The van der Waals surface area contributed by atoms with Crippen LogP contribution in [-0.2, 0) is 11.3 Å². The summed E-state index contributed by atoms with van der Waals surface area (Å²) in [5.41, 5.74) is 1.02. The molecule has 0 aliphatic rings. The van der Waals surface area contributed by atoms with E-state index < -0.39 is 0 Å². The van der Waals surface area contributed by atoms with Crippen molar-refractivity contribution in [1.29, 1.82) is 0 Å². The molecule has 2 aromatic carbocycles. The Balaban J connectivity index is 2.23. The van der Waals surface area contributed by atoms with Crippen molar-refractivity contribution in [3.63, 3.8) is 0 Å². The van der Waals surface area contributed by atoms with Gasteiger partial charge in [0.2, 0.25) is 5.91 Å². The lowest BCUT2D eigenvalue weighted by atomic mass is 10.0. The number of fused-ring (bicyclic) bond motifs is 1. The average molecular weight is 314 g/mol. The zero-order valence-electron chi connectivity index (χ0n) is 14.4. The first-order valence-electron chi connectivity index (χ1n) is 8.14. The number of hydrogen-bond donors (Lipinski definition) is 1. The van der Waals surface area contributed by atoms with Crippen molar-refractivity contribution in [2.45, 2.75) is 32.9 Å². The molecule has 23 heavy (non-hydrogen) atoms. The molecule has 1 amide bonds. The molecule has 1 N–H and O–H groups in total. The van der Waals surface area contributed by atoms with Crippen LogP contribution in [0.25, 0.3) is 10.8 Å². The van der Waals surface area contributed by atoms with Gasteiger partial charge < -0.3 is 10.1 Å². The summed E-state index contributed by atoms with van der Waals surface area (Å²) < 4.78 is 5.48. The molecule has 0 radical (unpaired) electrons. The van der Waals surface area contributed by atoms with E-state index in [1.807, 2.05) is 38.2 Å². The van der Waals surface area contributed by atoms with E-state index in [9.17, 15) is 4.79 Å². The van der Waals surface area contributed by atoms with Gasteiger partial charge in [-0.15, -0.1) is 0 Å². The molecule has 0 aromatic heterocycles. The van der Waals surface area contributed by atoms with Gasteiger partial charge in [0, 0.05) is 12.1 Å². The largest absolute Gasteiger partial charge is 0.496 e. The number of carbonyl (C=O) groups is 1. The second kappa shape index (κ2) is 7.97. The SMILES string of the molecule is CCC(C(=O)NCc1c(OC)ccc2ccccc12)N(C)CC. The molecule has 0 aliphatic carbocycles. The second-order valence-electron chi connectivity index (χ2n) is 5.68. The van der Waals surface area contributed by atoms with Crippen LogP contribution in [0.3, 0.4) is 0 Å². The van der Waals surface area contributed by atoms with Crippen molar-refractivity contribution in [3.05, 3.63) is 42.0 Å². The van der Waals surface area contributed by atoms with E-state index in [4.69, 9.17) is 4.74 Å². The van der Waals surface area contributed by atoms with Gasteiger partial charge in [-0.3, -0.25) is 9.69 Å². The molecule has 4 nitrogen and oxygen atoms in total. The van der Waals surface area contributed by atoms with Crippen molar-refractivity contribution in [1.82, 2.24) is 10.2 Å². The van der Waals surface area contributed by atoms with E-state index in [-0.39, 0.29) is 11.9 Å². The average Bonchev–Trinajstić information content (AvgIpc) is 2.59. The number of likely N-dealkylation sites (N-methyl/N-ethyl adjacent to an activating group) is 1. The van der Waals surface area contributed by atoms with Gasteiger partial charge >= 0.3 is 0 Å². The number of nitrogens with zero attached hydrogens (tertiary/aromatic N) is 1. The highest BCUT2D eigenvalue weighted by atomic mass is 16.5. The lowest BCUT2D eigenvalue weighted by molar-refractivity contribution is -0.126. The second-order valence-corrected chi connectivity index (χ2v) is 5.68. The molecule has 0 heterocycles. The third kappa shape index (κ3) is 3.82. The fourth-order valence-corrected chi connectivity index (χ4v) is 2.90. The number of hydrogen-bond acceptors (Lipinski definition) is 3. The lowest BCUT2D eigenvalue weighted by Gasteiger charge is -2.25. The molecule has 0 saturated heterocycles. The summed E-state index contributed by atoms with van der Waals surface area (Å²) in [6.07, 6.45) is 0.794. The molecule has 2 rings (SSSR count). The van der Waals surface area contributed by atoms with Crippen LogP contribution in [0.2, 0.25) is 0 Å². The van der Waals surface area contributed by atoms with Crippen LogP contribution in [-0.4, -0.2) is 37.6 Å². The molecule has 2 aromatic rings. The number of rotatable bonds is 7. The first-order valence-corrected chi connectivity index (χ1v) is 8.14. The Hall–Kier alpha value is -2.07. The quantitative estimate of drug-likeness (QED) is 0.853. The number of carbonyl (C=O) groups excluding carboxylic acids is 1. The highest BCUT2D eigenvalue weighted by molar-refractivity contribution is 5.88. The third-order valence-corrected chi connectivity index (χ3v) is 4.38. The summed E-state index contributed by atoms with van der Waals surface area (Å²) in [4.78, 5) is 14.6. The maximum Gasteiger partial charge on any atom is 0.237 e. The van der Waals surface area contributed by atoms with Gasteiger partial charge in [0.25, 0.3) is 0 Å². The molecule has 0 spiro atoms. The van der Waals surface area contributed by atoms with Crippen LogP contribution >= 0.6 is 0 Å². The zero-order valence-corrected chi connectivity index (χ0v) is 14.4. The monoisotopic (exact) mass is 314 g/mol. The Labute approximate surface area is 138 Å². The van der Waals surface area contributed by atoms with E-state index in [1.54, 1.807) is 7.11 Å². The topological polar surface area (TPSA) is 41.6 Å². The van der Waals surface area contributed by atoms with Gasteiger partial charge in [0.15, 0.2) is 0 Å². The summed E-state index contributed by atoms with van der Waals surface area (Å²) in [5, 5.41) is 5.33. The minimum absolute atomic E-state index is 0.0619. The number of amides is 1. The lowest BCUT2D eigenvalue weighted by Crippen LogP contribution is -2.44. The molecule has 0 saturated carbocycles. The number of benzene rings is 2. The highest BCUT2D eigenvalue weighted by Gasteiger charge is 2.20. The maximum absolute atomic E-state index is 12.5. The Morgan fingerprint density at radius 2 is 1.96 bits per heavy atom. The van der Waals surface area contributed by atoms with Crippen LogP contribution in [0.4, 0.5) is 0 Å². The van der Waals surface area contributed by atoms with Crippen LogP contribution < -0.4 is 10.1 Å². The van der Waals surface area contributed by atoms with Crippen molar-refractivity contribution in [2.75, 3.05) is 20.7 Å². The van der Waals surface area contributed by atoms with Gasteiger partial charge in [0.1, 0.15) is 5.75 Å². The summed E-state index contributed by atoms with van der Waals surface area (Å²) in [6.45, 7) is 5.42. The standard InChI is InChI=1S/C19H26N2O2/c1-5-17(21(3)6-2)19(22)20-13-16-15-10-8-7-9-14(15)11-12-18(16)23-4/h7-12,17H,5-6,13H2,1-4H3,(H,20,22). The fourth-order valence-electron chi connectivity index (χ4n) is 2.90. The number of ether oxygens (including phenoxy) is 1. The number of methoxy groups -OCH3 is 1. The van der Waals surface area contributed by atoms with Crippen molar-refractivity contribution >= 4 is 16.7 Å². The molecular formula is C19H26N2O2. The van der Waals surface area contributed by atoms with Crippen LogP contribution in [0, 0.1) is 0 Å². The predicted octanol–water partition coefficient (Wildman–Crippen LogP) is 3.19. The molecule has 124 valence electrons. The van der Waals surface area contributed by atoms with Gasteiger partial charge in [-0.05, 0) is 36.9 Å². The summed E-state index contributed by atoms with van der Waals surface area (Å²) in [7, 11) is 3.64. The van der Waals surface area contributed by atoms with Crippen molar-refractivity contribution in [3.8, 4) is 5.75 Å². The molecule has 4 heteroatoms. The van der Waals surface area contributed by atoms with E-state index in [0.717, 1.165) is 35.1 Å². The Morgan fingerprint density at radius 1 is 1.22 bits per heavy atom. The van der Waals surface area contributed by atoms with E-state index in [2.05, 4.69) is 29.3 Å². The van der Waals surface area contributed by atoms with Gasteiger partial charge in [-0.1, -0.05) is 44.2 Å². The fraction of sp³-hybridized carbons (Fsp3) is 0.421. The van der Waals surface area contributed by atoms with Crippen LogP contribution in [0.5, 0.6) is 5.75 Å². The summed E-state index contributed by atoms with van der Waals surface area (Å²) in [6, 6.07) is 12.1. The minimum Gasteiger partial charge on any atom is -0.496 e.